The Labute approximate surface area is 89.0 Å². The molecule has 0 fully saturated rings. The first-order valence-electron chi connectivity index (χ1n) is 3.15. The molecule has 0 rings (SSSR count). The largest absolute Gasteiger partial charge is 0.750 e. The van der Waals surface area contributed by atoms with Crippen LogP contribution in [0, 0.1) is 0 Å². The highest BCUT2D eigenvalue weighted by molar-refractivity contribution is 7.74. The van der Waals surface area contributed by atoms with E-state index in [4.69, 9.17) is 0 Å². The summed E-state index contributed by atoms with van der Waals surface area (Å²) in [4.78, 5) is 0. The van der Waals surface area contributed by atoms with Gasteiger partial charge in [0.1, 0.15) is 0 Å². The third-order valence-corrected chi connectivity index (χ3v) is 1.78. The molecule has 3 nitrogen and oxygen atoms in total. The molecule has 0 saturated heterocycles. The van der Waals surface area contributed by atoms with Crippen molar-refractivity contribution in [2.24, 2.45) is 0 Å². The quantitative estimate of drug-likeness (QED) is 0.580. The summed E-state index contributed by atoms with van der Waals surface area (Å²) in [6, 6.07) is 0. The number of hydrogen-bond donors (Lipinski definition) is 0. The molecule has 0 radical (unpaired) electrons. The van der Waals surface area contributed by atoms with Crippen LogP contribution in [-0.4, -0.2) is 32.9 Å². The molecule has 0 aliphatic carbocycles. The van der Waals surface area contributed by atoms with Crippen molar-refractivity contribution in [3.05, 3.63) is 0 Å². The van der Waals surface area contributed by atoms with Crippen LogP contribution in [0.5, 0.6) is 0 Å². The predicted molar refractivity (Wildman–Crippen MR) is 30.9 cm³/mol. The lowest BCUT2D eigenvalue weighted by Gasteiger charge is -2.37. The Kier molecular flexibility index (Phi) is 4.13. The van der Waals surface area contributed by atoms with Crippen LogP contribution < -0.4 is 0 Å². The zero-order valence-electron chi connectivity index (χ0n) is 7.03. The lowest BCUT2D eigenvalue weighted by Crippen LogP contribution is -2.67. The Balaban J connectivity index is 6.02. The molecule has 0 amide bonds. The van der Waals surface area contributed by atoms with Crippen molar-refractivity contribution in [1.29, 1.82) is 0 Å². The van der Waals surface area contributed by atoms with E-state index in [1.54, 1.807) is 0 Å². The van der Waals surface area contributed by atoms with Gasteiger partial charge in [0, 0.05) is 0 Å². The van der Waals surface area contributed by atoms with E-state index in [9.17, 15) is 48.3 Å². The molecular weight excluding hydrogens is 299 g/mol. The van der Waals surface area contributed by atoms with Crippen molar-refractivity contribution in [2.75, 3.05) is 0 Å². The molecule has 1 atom stereocenters. The average Bonchev–Trinajstić information content (AvgIpc) is 1.91. The van der Waals surface area contributed by atoms with E-state index < -0.39 is 35.5 Å². The van der Waals surface area contributed by atoms with Gasteiger partial charge in [-0.3, -0.25) is 4.18 Å². The molecule has 0 saturated carbocycles. The fraction of sp³-hybridized carbons (Fsp3) is 1.00. The molecule has 0 aromatic rings. The zero-order valence-corrected chi connectivity index (χ0v) is 7.85. The molecule has 17 heavy (non-hydrogen) atoms. The summed E-state index contributed by atoms with van der Waals surface area (Å²) >= 11 is -4.68. The molecule has 0 bridgehead atoms. The first-order chi connectivity index (χ1) is 7.17. The topological polar surface area (TPSA) is 49.4 Å². The number of halogens is 9. The highest BCUT2D eigenvalue weighted by Crippen LogP contribution is 2.55. The first-order valence-corrected chi connectivity index (χ1v) is 4.15. The molecule has 0 aliphatic rings. The summed E-state index contributed by atoms with van der Waals surface area (Å²) in [5.74, 6) is 0. The van der Waals surface area contributed by atoms with Gasteiger partial charge >= 0.3 is 24.1 Å². The normalized spacial score (nSPS) is 17.1. The maximum atomic E-state index is 11.9. The van der Waals surface area contributed by atoms with Crippen molar-refractivity contribution in [3.63, 3.8) is 0 Å². The van der Waals surface area contributed by atoms with Gasteiger partial charge in [0.25, 0.3) is 0 Å². The second-order valence-corrected chi connectivity index (χ2v) is 3.04. The second kappa shape index (κ2) is 4.28. The van der Waals surface area contributed by atoms with E-state index in [1.807, 2.05) is 0 Å². The molecule has 0 heterocycles. The third kappa shape index (κ3) is 2.82. The predicted octanol–water partition coefficient (Wildman–Crippen LogP) is 2.22. The summed E-state index contributed by atoms with van der Waals surface area (Å²) < 4.78 is 128. The Morgan fingerprint density at radius 1 is 0.765 bits per heavy atom. The molecule has 0 N–H and O–H groups in total. The highest BCUT2D eigenvalue weighted by atomic mass is 32.2. The fourth-order valence-corrected chi connectivity index (χ4v) is 1.21. The zero-order chi connectivity index (χ0) is 14.3. The standard InChI is InChI=1S/C4HF9O3S/c5-2(6,7)1(3(8,9)10,4(11,12)13)16-17(14)15/h(H,14,15)/p-1. The van der Waals surface area contributed by atoms with Crippen molar-refractivity contribution in [3.8, 4) is 0 Å². The lowest BCUT2D eigenvalue weighted by molar-refractivity contribution is -0.436. The number of alkyl halides is 9. The first kappa shape index (κ1) is 16.4. The van der Waals surface area contributed by atoms with Crippen LogP contribution in [-0.2, 0) is 15.5 Å². The van der Waals surface area contributed by atoms with Gasteiger partial charge in [-0.2, -0.15) is 39.5 Å². The van der Waals surface area contributed by atoms with Crippen molar-refractivity contribution in [1.82, 2.24) is 0 Å². The Morgan fingerprint density at radius 2 is 1.00 bits per heavy atom. The molecule has 13 heteroatoms. The van der Waals surface area contributed by atoms with Crippen LogP contribution in [0.2, 0.25) is 0 Å². The van der Waals surface area contributed by atoms with Gasteiger partial charge in [0.2, 0.25) is 0 Å². The van der Waals surface area contributed by atoms with Gasteiger partial charge < -0.3 is 4.55 Å². The minimum atomic E-state index is -7.05. The summed E-state index contributed by atoms with van der Waals surface area (Å²) in [6.45, 7) is 0. The Hall–Kier alpha value is -0.560. The van der Waals surface area contributed by atoms with E-state index in [0.29, 0.717) is 0 Å². The van der Waals surface area contributed by atoms with Gasteiger partial charge in [0.15, 0.2) is 0 Å². The third-order valence-electron chi connectivity index (χ3n) is 1.39. The van der Waals surface area contributed by atoms with Crippen LogP contribution in [0.3, 0.4) is 0 Å². The van der Waals surface area contributed by atoms with Gasteiger partial charge in [-0.25, -0.2) is 4.21 Å². The van der Waals surface area contributed by atoms with E-state index in [0.717, 1.165) is 0 Å². The van der Waals surface area contributed by atoms with Crippen molar-refractivity contribution < 1.29 is 52.5 Å². The molecule has 1 unspecified atom stereocenters. The molecule has 0 aromatic carbocycles. The Morgan fingerprint density at radius 3 is 1.06 bits per heavy atom. The molecule has 104 valence electrons. The van der Waals surface area contributed by atoms with Crippen LogP contribution in [0.1, 0.15) is 0 Å². The maximum absolute atomic E-state index is 11.9. The van der Waals surface area contributed by atoms with Crippen molar-refractivity contribution in [2.45, 2.75) is 24.1 Å². The molecule has 0 spiro atoms. The molecule has 0 aliphatic heterocycles. The highest BCUT2D eigenvalue weighted by Gasteiger charge is 2.86. The molecule has 0 aromatic heterocycles. The van der Waals surface area contributed by atoms with Crippen LogP contribution in [0.4, 0.5) is 39.5 Å². The molecular formula is C4F9O3S-. The van der Waals surface area contributed by atoms with E-state index in [1.165, 1.54) is 0 Å². The Bertz CT molecular complexity index is 265. The lowest BCUT2D eigenvalue weighted by atomic mass is 10.0. The fourth-order valence-electron chi connectivity index (χ4n) is 0.726. The smallest absolute Gasteiger partial charge is 0.437 e. The van der Waals surface area contributed by atoms with E-state index >= 15 is 0 Å². The average molecular weight is 299 g/mol. The van der Waals surface area contributed by atoms with Gasteiger partial charge in [0.05, 0.1) is 11.4 Å². The number of hydrogen-bond acceptors (Lipinski definition) is 3. The SMILES string of the molecule is O=S([O-])OC(C(F)(F)F)(C(F)(F)F)C(F)(F)F. The minimum Gasteiger partial charge on any atom is -0.750 e. The summed E-state index contributed by atoms with van der Waals surface area (Å²) in [5.41, 5.74) is -6.78. The van der Waals surface area contributed by atoms with Crippen molar-refractivity contribution >= 4 is 11.4 Å². The van der Waals surface area contributed by atoms with Gasteiger partial charge in [-0.05, 0) is 0 Å². The minimum absolute atomic E-state index is 2.07. The van der Waals surface area contributed by atoms with Gasteiger partial charge in [-0.15, -0.1) is 0 Å². The van der Waals surface area contributed by atoms with Crippen LogP contribution in [0.15, 0.2) is 0 Å². The monoisotopic (exact) mass is 299 g/mol. The summed E-state index contributed by atoms with van der Waals surface area (Å²) in [7, 11) is 0. The van der Waals surface area contributed by atoms with E-state index in [-0.39, 0.29) is 0 Å². The van der Waals surface area contributed by atoms with Crippen LogP contribution >= 0.6 is 0 Å². The van der Waals surface area contributed by atoms with Crippen LogP contribution in [0.25, 0.3) is 0 Å². The van der Waals surface area contributed by atoms with Gasteiger partial charge in [-0.1, -0.05) is 0 Å². The summed E-state index contributed by atoms with van der Waals surface area (Å²) in [5, 5.41) is 0. The second-order valence-electron chi connectivity index (χ2n) is 2.46. The van der Waals surface area contributed by atoms with E-state index in [2.05, 4.69) is 4.18 Å². The summed E-state index contributed by atoms with van der Waals surface area (Å²) in [6.07, 6.45) is -21.2. The number of rotatable bonds is 2. The maximum Gasteiger partial charge on any atom is 0.437 e.